The molecule has 0 N–H and O–H groups in total. The van der Waals surface area contributed by atoms with E-state index in [4.69, 9.17) is 32.0 Å². The summed E-state index contributed by atoms with van der Waals surface area (Å²) in [4.78, 5) is -0.0604. The molecule has 1 aromatic carbocycles. The van der Waals surface area contributed by atoms with Gasteiger partial charge in [0.25, 0.3) is 0 Å². The zero-order valence-corrected chi connectivity index (χ0v) is 14.7. The molecule has 126 valence electrons. The van der Waals surface area contributed by atoms with Crippen LogP contribution < -0.4 is 0 Å². The molecule has 5 nitrogen and oxygen atoms in total. The second-order valence-corrected chi connectivity index (χ2v) is 7.68. The van der Waals surface area contributed by atoms with Crippen LogP contribution in [0.3, 0.4) is 0 Å². The molecule has 0 saturated heterocycles. The van der Waals surface area contributed by atoms with Crippen LogP contribution in [0.4, 0.5) is 0 Å². The molecule has 24 heavy (non-hydrogen) atoms. The van der Waals surface area contributed by atoms with Crippen molar-refractivity contribution in [2.75, 3.05) is 0 Å². The quantitative estimate of drug-likeness (QED) is 0.623. The highest BCUT2D eigenvalue weighted by Gasteiger charge is 2.29. The van der Waals surface area contributed by atoms with Gasteiger partial charge in [-0.05, 0) is 36.4 Å². The standard InChI is InChI=1S/C16H13Cl2NO4S/c17-14-6-1-7-15(16(14)18)24(20,21)19(10-12-4-2-8-22-12)11-13-5-3-9-23-13/h1-9H,10-11H2. The predicted octanol–water partition coefficient (Wildman–Crippen LogP) is 4.57. The van der Waals surface area contributed by atoms with Crippen LogP contribution in [0.15, 0.2) is 68.7 Å². The minimum atomic E-state index is -3.91. The van der Waals surface area contributed by atoms with Crippen molar-refractivity contribution in [2.24, 2.45) is 0 Å². The molecule has 0 atom stereocenters. The number of benzene rings is 1. The average molecular weight is 386 g/mol. The molecule has 0 unspecified atom stereocenters. The summed E-state index contributed by atoms with van der Waals surface area (Å²) in [6, 6.07) is 11.3. The molecule has 0 saturated carbocycles. The largest absolute Gasteiger partial charge is 0.468 e. The van der Waals surface area contributed by atoms with Crippen molar-refractivity contribution in [1.82, 2.24) is 4.31 Å². The van der Waals surface area contributed by atoms with Gasteiger partial charge in [0, 0.05) is 0 Å². The minimum absolute atomic E-state index is 0.0111. The Kier molecular flexibility index (Phi) is 5.01. The van der Waals surface area contributed by atoms with Crippen LogP contribution in [0.25, 0.3) is 0 Å². The van der Waals surface area contributed by atoms with Crippen molar-refractivity contribution in [2.45, 2.75) is 18.0 Å². The van der Waals surface area contributed by atoms with Gasteiger partial charge >= 0.3 is 0 Å². The van der Waals surface area contributed by atoms with Crippen LogP contribution in [0.5, 0.6) is 0 Å². The lowest BCUT2D eigenvalue weighted by atomic mass is 10.4. The Morgan fingerprint density at radius 1 is 0.875 bits per heavy atom. The molecule has 3 rings (SSSR count). The first-order valence-electron chi connectivity index (χ1n) is 6.97. The van der Waals surface area contributed by atoms with Crippen molar-refractivity contribution >= 4 is 33.2 Å². The van der Waals surface area contributed by atoms with E-state index in [1.54, 1.807) is 30.3 Å². The molecular weight excluding hydrogens is 373 g/mol. The molecule has 0 fully saturated rings. The lowest BCUT2D eigenvalue weighted by Crippen LogP contribution is -2.30. The summed E-state index contributed by atoms with van der Waals surface area (Å²) >= 11 is 12.1. The fraction of sp³-hybridized carbons (Fsp3) is 0.125. The first-order chi connectivity index (χ1) is 11.5. The Bertz CT molecular complexity index is 869. The number of nitrogens with zero attached hydrogens (tertiary/aromatic N) is 1. The Labute approximate surface area is 149 Å². The summed E-state index contributed by atoms with van der Waals surface area (Å²) in [6.07, 6.45) is 2.97. The molecular formula is C16H13Cl2NO4S. The lowest BCUT2D eigenvalue weighted by Gasteiger charge is -2.21. The second kappa shape index (κ2) is 7.03. The SMILES string of the molecule is O=S(=O)(c1cccc(Cl)c1Cl)N(Cc1ccco1)Cc1ccco1. The van der Waals surface area contributed by atoms with E-state index in [2.05, 4.69) is 0 Å². The maximum Gasteiger partial charge on any atom is 0.245 e. The van der Waals surface area contributed by atoms with E-state index in [9.17, 15) is 8.42 Å². The molecule has 2 aromatic heterocycles. The normalized spacial score (nSPS) is 12.0. The summed E-state index contributed by atoms with van der Waals surface area (Å²) in [7, 11) is -3.91. The van der Waals surface area contributed by atoms with Crippen LogP contribution >= 0.6 is 23.2 Å². The molecule has 2 heterocycles. The van der Waals surface area contributed by atoms with Gasteiger partial charge in [0.15, 0.2) is 0 Å². The van der Waals surface area contributed by atoms with E-state index in [1.165, 1.54) is 29.0 Å². The molecule has 8 heteroatoms. The highest BCUT2D eigenvalue weighted by Crippen LogP contribution is 2.32. The van der Waals surface area contributed by atoms with E-state index in [1.807, 2.05) is 0 Å². The average Bonchev–Trinajstić information content (AvgIpc) is 3.23. The fourth-order valence-corrected chi connectivity index (χ4v) is 4.31. The van der Waals surface area contributed by atoms with Crippen LogP contribution in [0.2, 0.25) is 10.0 Å². The molecule has 3 aromatic rings. The Balaban J connectivity index is 2.01. The maximum atomic E-state index is 13.1. The van der Waals surface area contributed by atoms with E-state index in [0.717, 1.165) is 0 Å². The summed E-state index contributed by atoms with van der Waals surface area (Å²) in [6.45, 7) is 0.0811. The van der Waals surface area contributed by atoms with Gasteiger partial charge < -0.3 is 8.83 Å². The van der Waals surface area contributed by atoms with E-state index in [-0.39, 0.29) is 28.0 Å². The smallest absolute Gasteiger partial charge is 0.245 e. The van der Waals surface area contributed by atoms with Crippen molar-refractivity contribution < 1.29 is 17.3 Å². The Morgan fingerprint density at radius 3 is 1.96 bits per heavy atom. The molecule has 0 radical (unpaired) electrons. The topological polar surface area (TPSA) is 63.7 Å². The highest BCUT2D eigenvalue weighted by atomic mass is 35.5. The second-order valence-electron chi connectivity index (χ2n) is 4.98. The fourth-order valence-electron chi connectivity index (χ4n) is 2.20. The zero-order chi connectivity index (χ0) is 17.2. The van der Waals surface area contributed by atoms with Crippen molar-refractivity contribution in [1.29, 1.82) is 0 Å². The Hall–Kier alpha value is -1.73. The van der Waals surface area contributed by atoms with Gasteiger partial charge in [0.05, 0.1) is 35.7 Å². The van der Waals surface area contributed by atoms with Crippen molar-refractivity contribution in [3.8, 4) is 0 Å². The number of sulfonamides is 1. The van der Waals surface area contributed by atoms with Crippen LogP contribution in [-0.2, 0) is 23.1 Å². The molecule has 0 amide bonds. The van der Waals surface area contributed by atoms with Crippen molar-refractivity contribution in [3.05, 3.63) is 76.6 Å². The predicted molar refractivity (Wildman–Crippen MR) is 90.3 cm³/mol. The number of hydrogen-bond donors (Lipinski definition) is 0. The van der Waals surface area contributed by atoms with Gasteiger partial charge in [0.2, 0.25) is 10.0 Å². The third kappa shape index (κ3) is 3.52. The molecule has 0 aliphatic heterocycles. The molecule has 0 aliphatic rings. The maximum absolute atomic E-state index is 13.1. The van der Waals surface area contributed by atoms with Gasteiger partial charge in [-0.2, -0.15) is 4.31 Å². The first kappa shape index (κ1) is 17.1. The van der Waals surface area contributed by atoms with Gasteiger partial charge in [-0.3, -0.25) is 0 Å². The van der Waals surface area contributed by atoms with Gasteiger partial charge in [-0.25, -0.2) is 8.42 Å². The monoisotopic (exact) mass is 385 g/mol. The first-order valence-corrected chi connectivity index (χ1v) is 9.17. The number of hydrogen-bond acceptors (Lipinski definition) is 4. The van der Waals surface area contributed by atoms with Crippen LogP contribution in [-0.4, -0.2) is 12.7 Å². The summed E-state index contributed by atoms with van der Waals surface area (Å²) in [5.74, 6) is 1.01. The van der Waals surface area contributed by atoms with E-state index >= 15 is 0 Å². The van der Waals surface area contributed by atoms with Crippen LogP contribution in [0, 0.1) is 0 Å². The van der Waals surface area contributed by atoms with Crippen molar-refractivity contribution in [3.63, 3.8) is 0 Å². The minimum Gasteiger partial charge on any atom is -0.468 e. The summed E-state index contributed by atoms with van der Waals surface area (Å²) < 4.78 is 37.9. The summed E-state index contributed by atoms with van der Waals surface area (Å²) in [5, 5.41) is 0.164. The third-order valence-corrected chi connectivity index (χ3v) is 6.12. The van der Waals surface area contributed by atoms with Gasteiger partial charge in [0.1, 0.15) is 16.4 Å². The molecule has 0 aliphatic carbocycles. The molecule has 0 bridgehead atoms. The van der Waals surface area contributed by atoms with Gasteiger partial charge in [-0.1, -0.05) is 29.3 Å². The van der Waals surface area contributed by atoms with Gasteiger partial charge in [-0.15, -0.1) is 0 Å². The Morgan fingerprint density at radius 2 is 1.46 bits per heavy atom. The van der Waals surface area contributed by atoms with E-state index in [0.29, 0.717) is 11.5 Å². The summed E-state index contributed by atoms with van der Waals surface area (Å²) in [5.41, 5.74) is 0. The lowest BCUT2D eigenvalue weighted by molar-refractivity contribution is 0.330. The number of halogens is 2. The highest BCUT2D eigenvalue weighted by molar-refractivity contribution is 7.89. The number of furan rings is 2. The third-order valence-electron chi connectivity index (χ3n) is 3.36. The van der Waals surface area contributed by atoms with Crippen LogP contribution in [0.1, 0.15) is 11.5 Å². The number of rotatable bonds is 6. The molecule has 0 spiro atoms. The van der Waals surface area contributed by atoms with E-state index < -0.39 is 10.0 Å². The zero-order valence-electron chi connectivity index (χ0n) is 12.4.